The Morgan fingerprint density at radius 2 is 2.24 bits per heavy atom. The van der Waals surface area contributed by atoms with Crippen molar-refractivity contribution >= 4 is 10.0 Å². The highest BCUT2D eigenvalue weighted by Crippen LogP contribution is 2.20. The van der Waals surface area contributed by atoms with Crippen molar-refractivity contribution in [2.75, 3.05) is 19.7 Å². The fourth-order valence-electron chi connectivity index (χ4n) is 2.28. The molecule has 1 saturated heterocycles. The van der Waals surface area contributed by atoms with Crippen LogP contribution in [0.1, 0.15) is 25.8 Å². The van der Waals surface area contributed by atoms with E-state index in [0.29, 0.717) is 19.7 Å². The summed E-state index contributed by atoms with van der Waals surface area (Å²) in [4.78, 5) is 4.05. The van der Waals surface area contributed by atoms with E-state index in [1.165, 1.54) is 0 Å². The third-order valence-electron chi connectivity index (χ3n) is 3.72. The Bertz CT molecular complexity index is 545. The van der Waals surface area contributed by atoms with Crippen LogP contribution in [0.3, 0.4) is 0 Å². The van der Waals surface area contributed by atoms with Crippen LogP contribution in [0.25, 0.3) is 0 Å². The number of ether oxygens (including phenoxy) is 1. The number of pyridine rings is 1. The molecule has 2 unspecified atom stereocenters. The third kappa shape index (κ3) is 4.47. The number of nitrogens with one attached hydrogen (secondary N) is 2. The molecular formula is C14H23N3O3S. The van der Waals surface area contributed by atoms with Crippen molar-refractivity contribution in [1.82, 2.24) is 15.0 Å². The lowest BCUT2D eigenvalue weighted by Gasteiger charge is -2.14. The lowest BCUT2D eigenvalue weighted by molar-refractivity contribution is 0.107. The molecule has 1 aromatic heterocycles. The minimum atomic E-state index is -3.55. The van der Waals surface area contributed by atoms with E-state index < -0.39 is 10.0 Å². The standard InChI is InChI=1S/C14H23N3O3S/c1-3-15-8-12-4-5-14(16-9-12)21(18,19)17-10-13-6-7-20-11(13)2/h4-5,9,11,13,15,17H,3,6-8,10H2,1-2H3. The summed E-state index contributed by atoms with van der Waals surface area (Å²) in [5.41, 5.74) is 0.966. The van der Waals surface area contributed by atoms with E-state index in [1.54, 1.807) is 18.3 Å². The molecule has 2 atom stereocenters. The van der Waals surface area contributed by atoms with Gasteiger partial charge >= 0.3 is 0 Å². The molecule has 0 bridgehead atoms. The molecule has 2 N–H and O–H groups in total. The van der Waals surface area contributed by atoms with Crippen molar-refractivity contribution < 1.29 is 13.2 Å². The van der Waals surface area contributed by atoms with Gasteiger partial charge < -0.3 is 10.1 Å². The molecule has 7 heteroatoms. The van der Waals surface area contributed by atoms with Crippen molar-refractivity contribution in [3.05, 3.63) is 23.9 Å². The Kier molecular flexibility index (Phi) is 5.69. The Balaban J connectivity index is 1.95. The summed E-state index contributed by atoms with van der Waals surface area (Å²) in [6.45, 7) is 6.64. The molecule has 1 aliphatic heterocycles. The van der Waals surface area contributed by atoms with Crippen LogP contribution in [0.2, 0.25) is 0 Å². The molecule has 0 saturated carbocycles. The van der Waals surface area contributed by atoms with Gasteiger partial charge in [0.1, 0.15) is 0 Å². The lowest BCUT2D eigenvalue weighted by atomic mass is 10.0. The molecule has 0 spiro atoms. The van der Waals surface area contributed by atoms with Gasteiger partial charge in [-0.25, -0.2) is 18.1 Å². The summed E-state index contributed by atoms with van der Waals surface area (Å²) in [5.74, 6) is 0.229. The van der Waals surface area contributed by atoms with E-state index in [0.717, 1.165) is 18.5 Å². The highest BCUT2D eigenvalue weighted by molar-refractivity contribution is 7.89. The Labute approximate surface area is 126 Å². The zero-order chi connectivity index (χ0) is 15.3. The van der Waals surface area contributed by atoms with Crippen LogP contribution < -0.4 is 10.0 Å². The minimum Gasteiger partial charge on any atom is -0.378 e. The Hall–Kier alpha value is -1.02. The fraction of sp³-hybridized carbons (Fsp3) is 0.643. The molecule has 2 heterocycles. The molecule has 6 nitrogen and oxygen atoms in total. The van der Waals surface area contributed by atoms with Gasteiger partial charge in [0.05, 0.1) is 6.10 Å². The molecule has 0 aromatic carbocycles. The number of sulfonamides is 1. The maximum absolute atomic E-state index is 12.2. The predicted octanol–water partition coefficient (Wildman–Crippen LogP) is 0.894. The largest absolute Gasteiger partial charge is 0.378 e. The molecular weight excluding hydrogens is 290 g/mol. The first kappa shape index (κ1) is 16.4. The highest BCUT2D eigenvalue weighted by atomic mass is 32.2. The van der Waals surface area contributed by atoms with Crippen molar-refractivity contribution in [2.24, 2.45) is 5.92 Å². The highest BCUT2D eigenvalue weighted by Gasteiger charge is 2.26. The number of hydrogen-bond donors (Lipinski definition) is 2. The van der Waals surface area contributed by atoms with E-state index in [4.69, 9.17) is 4.74 Å². The summed E-state index contributed by atoms with van der Waals surface area (Å²) < 4.78 is 32.4. The summed E-state index contributed by atoms with van der Waals surface area (Å²) >= 11 is 0. The number of aromatic nitrogens is 1. The van der Waals surface area contributed by atoms with Crippen LogP contribution in [-0.2, 0) is 21.3 Å². The first-order valence-electron chi connectivity index (χ1n) is 7.30. The quantitative estimate of drug-likeness (QED) is 0.781. The summed E-state index contributed by atoms with van der Waals surface area (Å²) in [7, 11) is -3.55. The van der Waals surface area contributed by atoms with E-state index in [-0.39, 0.29) is 17.0 Å². The molecule has 0 aliphatic carbocycles. The second kappa shape index (κ2) is 7.31. The van der Waals surface area contributed by atoms with E-state index in [9.17, 15) is 8.42 Å². The molecule has 118 valence electrons. The fourth-order valence-corrected chi connectivity index (χ4v) is 3.30. The van der Waals surface area contributed by atoms with Crippen molar-refractivity contribution in [3.63, 3.8) is 0 Å². The Morgan fingerprint density at radius 1 is 1.43 bits per heavy atom. The molecule has 1 aliphatic rings. The third-order valence-corrected chi connectivity index (χ3v) is 5.06. The van der Waals surface area contributed by atoms with E-state index in [2.05, 4.69) is 15.0 Å². The van der Waals surface area contributed by atoms with Gasteiger partial charge in [-0.3, -0.25) is 0 Å². The summed E-state index contributed by atoms with van der Waals surface area (Å²) in [5, 5.41) is 3.24. The molecule has 21 heavy (non-hydrogen) atoms. The van der Waals surface area contributed by atoms with Crippen LogP contribution in [-0.4, -0.2) is 39.2 Å². The first-order chi connectivity index (χ1) is 10.0. The molecule has 1 fully saturated rings. The van der Waals surface area contributed by atoms with Crippen LogP contribution in [0.5, 0.6) is 0 Å². The van der Waals surface area contributed by atoms with Gasteiger partial charge in [-0.1, -0.05) is 13.0 Å². The second-order valence-corrected chi connectivity index (χ2v) is 6.98. The average Bonchev–Trinajstić information content (AvgIpc) is 2.89. The maximum Gasteiger partial charge on any atom is 0.258 e. The molecule has 0 radical (unpaired) electrons. The smallest absolute Gasteiger partial charge is 0.258 e. The van der Waals surface area contributed by atoms with E-state index in [1.807, 2.05) is 13.8 Å². The molecule has 1 aromatic rings. The van der Waals surface area contributed by atoms with Crippen LogP contribution in [0.4, 0.5) is 0 Å². The van der Waals surface area contributed by atoms with Crippen molar-refractivity contribution in [1.29, 1.82) is 0 Å². The number of rotatable bonds is 7. The van der Waals surface area contributed by atoms with Crippen molar-refractivity contribution in [3.8, 4) is 0 Å². The molecule has 2 rings (SSSR count). The Morgan fingerprint density at radius 3 is 2.81 bits per heavy atom. The normalized spacial score (nSPS) is 22.6. The summed E-state index contributed by atoms with van der Waals surface area (Å²) in [6.07, 6.45) is 2.58. The SMILES string of the molecule is CCNCc1ccc(S(=O)(=O)NCC2CCOC2C)nc1. The average molecular weight is 313 g/mol. The van der Waals surface area contributed by atoms with Crippen molar-refractivity contribution in [2.45, 2.75) is 37.9 Å². The van der Waals surface area contributed by atoms with Crippen LogP contribution in [0.15, 0.2) is 23.4 Å². The monoisotopic (exact) mass is 313 g/mol. The predicted molar refractivity (Wildman–Crippen MR) is 80.3 cm³/mol. The zero-order valence-corrected chi connectivity index (χ0v) is 13.3. The minimum absolute atomic E-state index is 0.0642. The van der Waals surface area contributed by atoms with Crippen LogP contribution in [0, 0.1) is 5.92 Å². The summed E-state index contributed by atoms with van der Waals surface area (Å²) in [6, 6.07) is 3.33. The number of nitrogens with zero attached hydrogens (tertiary/aromatic N) is 1. The van der Waals surface area contributed by atoms with Gasteiger partial charge in [-0.05, 0) is 31.5 Å². The van der Waals surface area contributed by atoms with Crippen LogP contribution >= 0.6 is 0 Å². The van der Waals surface area contributed by atoms with Gasteiger partial charge in [0.2, 0.25) is 0 Å². The van der Waals surface area contributed by atoms with Gasteiger partial charge in [-0.15, -0.1) is 0 Å². The van der Waals surface area contributed by atoms with E-state index >= 15 is 0 Å². The topological polar surface area (TPSA) is 80.3 Å². The number of hydrogen-bond acceptors (Lipinski definition) is 5. The van der Waals surface area contributed by atoms with Gasteiger partial charge in [-0.2, -0.15) is 0 Å². The maximum atomic E-state index is 12.2. The van der Waals surface area contributed by atoms with Gasteiger partial charge in [0, 0.05) is 31.8 Å². The lowest BCUT2D eigenvalue weighted by Crippen LogP contribution is -2.32. The second-order valence-electron chi connectivity index (χ2n) is 5.26. The zero-order valence-electron chi connectivity index (χ0n) is 12.5. The van der Waals surface area contributed by atoms with Gasteiger partial charge in [0.15, 0.2) is 5.03 Å². The first-order valence-corrected chi connectivity index (χ1v) is 8.78. The molecule has 0 amide bonds. The van der Waals surface area contributed by atoms with Gasteiger partial charge in [0.25, 0.3) is 10.0 Å².